The van der Waals surface area contributed by atoms with Crippen LogP contribution in [0.3, 0.4) is 0 Å². The smallest absolute Gasteiger partial charge is 0.00869 e. The molecule has 56 valence electrons. The summed E-state index contributed by atoms with van der Waals surface area (Å²) in [4.78, 5) is 0. The molecule has 0 rings (SSSR count). The molecule has 0 aliphatic carbocycles. The minimum atomic E-state index is 0.718. The number of hydrogen-bond donors (Lipinski definition) is 1. The maximum Gasteiger partial charge on any atom is 0.00869 e. The Morgan fingerprint density at radius 2 is 1.89 bits per heavy atom. The summed E-state index contributed by atoms with van der Waals surface area (Å²) in [6, 6.07) is 0.718. The minimum absolute atomic E-state index is 0.718. The molecule has 0 aromatic rings. The van der Waals surface area contributed by atoms with E-state index in [1.807, 2.05) is 7.05 Å². The quantitative estimate of drug-likeness (QED) is 0.612. The maximum absolute atomic E-state index is 3.30. The lowest BCUT2D eigenvalue weighted by atomic mass is 10.0. The number of nitrogens with one attached hydrogen (secondary N) is 1. The summed E-state index contributed by atoms with van der Waals surface area (Å²) in [6.07, 6.45) is 2.58. The molecule has 0 aromatic heterocycles. The van der Waals surface area contributed by atoms with E-state index in [1.54, 1.807) is 0 Å². The molecule has 9 heavy (non-hydrogen) atoms. The van der Waals surface area contributed by atoms with E-state index in [0.29, 0.717) is 0 Å². The lowest BCUT2D eigenvalue weighted by Crippen LogP contribution is -2.30. The van der Waals surface area contributed by atoms with Crippen LogP contribution in [-0.2, 0) is 0 Å². The van der Waals surface area contributed by atoms with Gasteiger partial charge in [0.1, 0.15) is 0 Å². The van der Waals surface area contributed by atoms with Crippen LogP contribution < -0.4 is 5.32 Å². The summed E-state index contributed by atoms with van der Waals surface area (Å²) in [5.41, 5.74) is 0. The second kappa shape index (κ2) is 4.80. The number of hydrogen-bond acceptors (Lipinski definition) is 1. The Balaban J connectivity index is 3.41. The van der Waals surface area contributed by atoms with Crippen LogP contribution in [0.4, 0.5) is 0 Å². The van der Waals surface area contributed by atoms with E-state index >= 15 is 0 Å². The third-order valence-corrected chi connectivity index (χ3v) is 1.78. The van der Waals surface area contributed by atoms with Crippen molar-refractivity contribution in [2.24, 2.45) is 5.92 Å². The van der Waals surface area contributed by atoms with Gasteiger partial charge in [-0.25, -0.2) is 0 Å². The van der Waals surface area contributed by atoms with Crippen molar-refractivity contribution in [2.75, 3.05) is 7.05 Å². The normalized spacial score (nSPS) is 14.3. The van der Waals surface area contributed by atoms with Gasteiger partial charge in [0.2, 0.25) is 0 Å². The number of rotatable bonds is 4. The average Bonchev–Trinajstić information content (AvgIpc) is 1.82. The highest BCUT2D eigenvalue weighted by atomic mass is 14.9. The zero-order chi connectivity index (χ0) is 7.28. The van der Waals surface area contributed by atoms with E-state index in [0.717, 1.165) is 12.0 Å². The summed E-state index contributed by atoms with van der Waals surface area (Å²) >= 11 is 0. The molecular weight excluding hydrogens is 110 g/mol. The predicted octanol–water partition coefficient (Wildman–Crippen LogP) is 2.03. The van der Waals surface area contributed by atoms with Gasteiger partial charge in [-0.2, -0.15) is 0 Å². The highest BCUT2D eigenvalue weighted by Gasteiger charge is 2.07. The SMILES string of the molecule is CCCC(NC)C(C)C. The van der Waals surface area contributed by atoms with Gasteiger partial charge in [-0.15, -0.1) is 0 Å². The Morgan fingerprint density at radius 1 is 1.33 bits per heavy atom. The average molecular weight is 129 g/mol. The molecule has 0 bridgehead atoms. The molecule has 1 unspecified atom stereocenters. The van der Waals surface area contributed by atoms with E-state index in [4.69, 9.17) is 0 Å². The second-order valence-electron chi connectivity index (χ2n) is 2.93. The molecule has 0 fully saturated rings. The van der Waals surface area contributed by atoms with Crippen LogP contribution in [0.15, 0.2) is 0 Å². The van der Waals surface area contributed by atoms with Crippen LogP contribution in [0.1, 0.15) is 33.6 Å². The summed E-state index contributed by atoms with van der Waals surface area (Å²) in [5, 5.41) is 3.30. The molecule has 1 atom stereocenters. The van der Waals surface area contributed by atoms with Gasteiger partial charge in [0.15, 0.2) is 0 Å². The van der Waals surface area contributed by atoms with Crippen molar-refractivity contribution in [1.82, 2.24) is 5.32 Å². The third-order valence-electron chi connectivity index (χ3n) is 1.78. The molecule has 0 aromatic carbocycles. The topological polar surface area (TPSA) is 12.0 Å². The second-order valence-corrected chi connectivity index (χ2v) is 2.93. The Labute approximate surface area is 58.8 Å². The van der Waals surface area contributed by atoms with Crippen LogP contribution >= 0.6 is 0 Å². The van der Waals surface area contributed by atoms with Crippen molar-refractivity contribution in [1.29, 1.82) is 0 Å². The molecule has 1 heteroatoms. The maximum atomic E-state index is 3.30. The van der Waals surface area contributed by atoms with Gasteiger partial charge in [0, 0.05) is 6.04 Å². The van der Waals surface area contributed by atoms with E-state index < -0.39 is 0 Å². The zero-order valence-electron chi connectivity index (χ0n) is 7.07. The molecule has 0 aliphatic rings. The van der Waals surface area contributed by atoms with Gasteiger partial charge in [0.05, 0.1) is 0 Å². The van der Waals surface area contributed by atoms with Crippen molar-refractivity contribution >= 4 is 0 Å². The van der Waals surface area contributed by atoms with E-state index in [9.17, 15) is 0 Å². The van der Waals surface area contributed by atoms with E-state index in [1.165, 1.54) is 12.8 Å². The molecular formula is C8H19N. The van der Waals surface area contributed by atoms with Gasteiger partial charge in [-0.05, 0) is 19.4 Å². The van der Waals surface area contributed by atoms with Crippen molar-refractivity contribution in [3.05, 3.63) is 0 Å². The first-order valence-electron chi connectivity index (χ1n) is 3.89. The highest BCUT2D eigenvalue weighted by molar-refractivity contribution is 4.66. The summed E-state index contributed by atoms with van der Waals surface area (Å²) in [5.74, 6) is 0.773. The van der Waals surface area contributed by atoms with Gasteiger partial charge in [-0.3, -0.25) is 0 Å². The monoisotopic (exact) mass is 129 g/mol. The third kappa shape index (κ3) is 3.52. The van der Waals surface area contributed by atoms with Crippen molar-refractivity contribution in [3.8, 4) is 0 Å². The van der Waals surface area contributed by atoms with Gasteiger partial charge in [0.25, 0.3) is 0 Å². The Morgan fingerprint density at radius 3 is 2.00 bits per heavy atom. The Hall–Kier alpha value is -0.0400. The largest absolute Gasteiger partial charge is 0.317 e. The van der Waals surface area contributed by atoms with Crippen molar-refractivity contribution in [2.45, 2.75) is 39.7 Å². The molecule has 0 aliphatic heterocycles. The first kappa shape index (κ1) is 8.96. The van der Waals surface area contributed by atoms with Gasteiger partial charge >= 0.3 is 0 Å². The highest BCUT2D eigenvalue weighted by Crippen LogP contribution is 2.06. The Kier molecular flexibility index (Phi) is 4.78. The van der Waals surface area contributed by atoms with Crippen LogP contribution in [0.2, 0.25) is 0 Å². The standard InChI is InChI=1S/C8H19N/c1-5-6-8(9-4)7(2)3/h7-9H,5-6H2,1-4H3. The van der Waals surface area contributed by atoms with E-state index in [2.05, 4.69) is 26.1 Å². The first-order valence-corrected chi connectivity index (χ1v) is 3.89. The van der Waals surface area contributed by atoms with Crippen molar-refractivity contribution < 1.29 is 0 Å². The van der Waals surface area contributed by atoms with Crippen LogP contribution in [0.25, 0.3) is 0 Å². The summed E-state index contributed by atoms with van der Waals surface area (Å²) in [6.45, 7) is 6.75. The molecule has 1 N–H and O–H groups in total. The van der Waals surface area contributed by atoms with Crippen LogP contribution in [0, 0.1) is 5.92 Å². The Bertz CT molecular complexity index is 59.6. The lowest BCUT2D eigenvalue weighted by molar-refractivity contribution is 0.399. The molecule has 0 heterocycles. The molecule has 0 spiro atoms. The van der Waals surface area contributed by atoms with Gasteiger partial charge in [-0.1, -0.05) is 27.2 Å². The lowest BCUT2D eigenvalue weighted by Gasteiger charge is -2.18. The predicted molar refractivity (Wildman–Crippen MR) is 42.6 cm³/mol. The van der Waals surface area contributed by atoms with Gasteiger partial charge < -0.3 is 5.32 Å². The molecule has 0 saturated heterocycles. The molecule has 0 saturated carbocycles. The molecule has 0 amide bonds. The fourth-order valence-corrected chi connectivity index (χ4v) is 1.12. The molecule has 1 nitrogen and oxygen atoms in total. The van der Waals surface area contributed by atoms with E-state index in [-0.39, 0.29) is 0 Å². The fourth-order valence-electron chi connectivity index (χ4n) is 1.12. The molecule has 0 radical (unpaired) electrons. The van der Waals surface area contributed by atoms with Crippen LogP contribution in [0.5, 0.6) is 0 Å². The minimum Gasteiger partial charge on any atom is -0.317 e. The first-order chi connectivity index (χ1) is 4.22. The summed E-state index contributed by atoms with van der Waals surface area (Å²) < 4.78 is 0. The zero-order valence-corrected chi connectivity index (χ0v) is 7.07. The summed E-state index contributed by atoms with van der Waals surface area (Å²) in [7, 11) is 2.04. The van der Waals surface area contributed by atoms with Crippen LogP contribution in [-0.4, -0.2) is 13.1 Å². The van der Waals surface area contributed by atoms with Crippen molar-refractivity contribution in [3.63, 3.8) is 0 Å². The fraction of sp³-hybridized carbons (Fsp3) is 1.00.